The molecular weight excluding hydrogens is 370 g/mol. The van der Waals surface area contributed by atoms with Gasteiger partial charge in [-0.15, -0.1) is 0 Å². The quantitative estimate of drug-likeness (QED) is 0.553. The highest BCUT2D eigenvalue weighted by molar-refractivity contribution is 7.82. The number of carbonyl (C=O) groups excluding carboxylic acids is 4. The Hall–Kier alpha value is -3.33. The summed E-state index contributed by atoms with van der Waals surface area (Å²) < 4.78 is 5.16. The van der Waals surface area contributed by atoms with Crippen LogP contribution >= 0.6 is 12.8 Å². The number of hydrogen-bond donors (Lipinski definition) is 3. The number of ether oxygens (including phenoxy) is 1. The lowest BCUT2D eigenvalue weighted by atomic mass is 10.0. The smallest absolute Gasteiger partial charge is 0.415 e. The summed E-state index contributed by atoms with van der Waals surface area (Å²) in [6.45, 7) is 1.30. The minimum Gasteiger partial charge on any atom is -0.453 e. The van der Waals surface area contributed by atoms with Crippen LogP contribution in [-0.2, 0) is 9.53 Å². The van der Waals surface area contributed by atoms with Gasteiger partial charge < -0.3 is 10.1 Å². The lowest BCUT2D eigenvalue weighted by molar-refractivity contribution is -0.114. The van der Waals surface area contributed by atoms with Crippen molar-refractivity contribution in [2.45, 2.75) is 6.92 Å². The number of nitrogens with one attached hydrogen (secondary N) is 2. The molecule has 4 amide bonds. The van der Waals surface area contributed by atoms with Crippen molar-refractivity contribution in [3.05, 3.63) is 59.7 Å². The van der Waals surface area contributed by atoms with Gasteiger partial charge in [-0.3, -0.25) is 9.59 Å². The molecule has 0 aliphatic rings. The van der Waals surface area contributed by atoms with E-state index >= 15 is 0 Å². The number of thiol groups is 1. The topological polar surface area (TPSA) is 105 Å². The third-order valence-corrected chi connectivity index (χ3v) is 3.82. The fourth-order valence-electron chi connectivity index (χ4n) is 2.20. The third kappa shape index (κ3) is 5.08. The number of rotatable bonds is 4. The Bertz CT molecular complexity index is 886. The first-order valence-corrected chi connectivity index (χ1v) is 8.12. The standard InChI is InChI=1S/C18H17N3O5S/c1-11(22)19-14-9-8-13(16(23)12-6-4-3-5-7-12)10-15(14)21(27)17(24)20-18(25)26-2/h3-10,27H,1-2H3,(H,19,22)(H,20,24,25). The van der Waals surface area contributed by atoms with E-state index in [0.717, 1.165) is 11.4 Å². The summed E-state index contributed by atoms with van der Waals surface area (Å²) in [5, 5.41) is 4.49. The van der Waals surface area contributed by atoms with E-state index in [1.54, 1.807) is 30.3 Å². The van der Waals surface area contributed by atoms with Crippen LogP contribution in [0.2, 0.25) is 0 Å². The van der Waals surface area contributed by atoms with E-state index in [1.165, 1.54) is 25.1 Å². The van der Waals surface area contributed by atoms with Gasteiger partial charge in [-0.1, -0.05) is 43.1 Å². The Morgan fingerprint density at radius 1 is 1.00 bits per heavy atom. The summed E-state index contributed by atoms with van der Waals surface area (Å²) in [6.07, 6.45) is -0.975. The molecule has 0 unspecified atom stereocenters. The van der Waals surface area contributed by atoms with Crippen molar-refractivity contribution in [1.29, 1.82) is 0 Å². The fraction of sp³-hybridized carbons (Fsp3) is 0.111. The van der Waals surface area contributed by atoms with Crippen LogP contribution in [0.3, 0.4) is 0 Å². The fourth-order valence-corrected chi connectivity index (χ4v) is 2.42. The van der Waals surface area contributed by atoms with Gasteiger partial charge in [-0.05, 0) is 18.2 Å². The Morgan fingerprint density at radius 2 is 1.67 bits per heavy atom. The predicted molar refractivity (Wildman–Crippen MR) is 103 cm³/mol. The molecule has 0 atom stereocenters. The Labute approximate surface area is 161 Å². The Kier molecular flexibility index (Phi) is 6.56. The number of urea groups is 1. The summed E-state index contributed by atoms with van der Waals surface area (Å²) in [5.41, 5.74) is 1.08. The van der Waals surface area contributed by atoms with Crippen molar-refractivity contribution in [3.63, 3.8) is 0 Å². The summed E-state index contributed by atoms with van der Waals surface area (Å²) in [4.78, 5) is 47.5. The molecule has 0 fully saturated rings. The SMILES string of the molecule is COC(=O)NC(=O)N(S)c1cc(C(=O)c2ccccc2)ccc1NC(C)=O. The molecule has 2 N–H and O–H groups in total. The van der Waals surface area contributed by atoms with E-state index in [9.17, 15) is 19.2 Å². The number of nitrogens with zero attached hydrogens (tertiary/aromatic N) is 1. The summed E-state index contributed by atoms with van der Waals surface area (Å²) in [5.74, 6) is -0.658. The molecule has 0 aromatic heterocycles. The zero-order valence-electron chi connectivity index (χ0n) is 14.6. The minimum absolute atomic E-state index is 0.108. The number of alkyl carbamates (subject to hydrolysis) is 1. The van der Waals surface area contributed by atoms with Crippen LogP contribution in [0.25, 0.3) is 0 Å². The zero-order chi connectivity index (χ0) is 20.0. The number of ketones is 1. The molecule has 9 heteroatoms. The molecule has 0 aliphatic heterocycles. The first-order valence-electron chi connectivity index (χ1n) is 7.72. The molecule has 8 nitrogen and oxygen atoms in total. The largest absolute Gasteiger partial charge is 0.453 e. The molecule has 2 aromatic rings. The van der Waals surface area contributed by atoms with E-state index in [4.69, 9.17) is 0 Å². The van der Waals surface area contributed by atoms with Gasteiger partial charge in [-0.2, -0.15) is 0 Å². The summed E-state index contributed by atoms with van der Waals surface area (Å²) in [6, 6.07) is 12.0. The third-order valence-electron chi connectivity index (χ3n) is 3.42. The van der Waals surface area contributed by atoms with E-state index in [0.29, 0.717) is 5.56 Å². The predicted octanol–water partition coefficient (Wildman–Crippen LogP) is 3.00. The van der Waals surface area contributed by atoms with Gasteiger partial charge in [0.05, 0.1) is 18.5 Å². The number of benzene rings is 2. The molecule has 2 aromatic carbocycles. The van der Waals surface area contributed by atoms with Gasteiger partial charge in [0.2, 0.25) is 5.91 Å². The van der Waals surface area contributed by atoms with Gasteiger partial charge in [0.15, 0.2) is 5.78 Å². The van der Waals surface area contributed by atoms with Crippen LogP contribution in [0.4, 0.5) is 21.0 Å². The highest BCUT2D eigenvalue weighted by atomic mass is 32.1. The first-order chi connectivity index (χ1) is 12.8. The van der Waals surface area contributed by atoms with E-state index in [2.05, 4.69) is 22.9 Å². The maximum absolute atomic E-state index is 12.6. The second-order valence-electron chi connectivity index (χ2n) is 5.34. The van der Waals surface area contributed by atoms with Crippen LogP contribution in [0.1, 0.15) is 22.8 Å². The van der Waals surface area contributed by atoms with Crippen LogP contribution in [0.15, 0.2) is 48.5 Å². The van der Waals surface area contributed by atoms with Gasteiger partial charge in [0, 0.05) is 18.1 Å². The summed E-state index contributed by atoms with van der Waals surface area (Å²) >= 11 is 4.07. The molecule has 0 saturated heterocycles. The number of carbonyl (C=O) groups is 4. The highest BCUT2D eigenvalue weighted by Crippen LogP contribution is 2.30. The number of amides is 4. The Balaban J connectivity index is 2.42. The molecule has 0 bridgehead atoms. The van der Waals surface area contributed by atoms with Crippen LogP contribution in [0, 0.1) is 0 Å². The van der Waals surface area contributed by atoms with Crippen LogP contribution < -0.4 is 14.9 Å². The average Bonchev–Trinajstić information content (AvgIpc) is 2.67. The Morgan fingerprint density at radius 3 is 2.26 bits per heavy atom. The number of imide groups is 1. The van der Waals surface area contributed by atoms with Gasteiger partial charge >= 0.3 is 12.1 Å². The molecule has 0 saturated carbocycles. The van der Waals surface area contributed by atoms with Gasteiger partial charge in [0.25, 0.3) is 0 Å². The number of hydrogen-bond acceptors (Lipinski definition) is 6. The molecule has 0 heterocycles. The van der Waals surface area contributed by atoms with E-state index in [1.807, 2.05) is 5.32 Å². The number of methoxy groups -OCH3 is 1. The van der Waals surface area contributed by atoms with Crippen LogP contribution in [-0.4, -0.2) is 30.9 Å². The highest BCUT2D eigenvalue weighted by Gasteiger charge is 2.21. The maximum Gasteiger partial charge on any atom is 0.415 e. The molecule has 0 radical (unpaired) electrons. The van der Waals surface area contributed by atoms with E-state index < -0.39 is 12.1 Å². The minimum atomic E-state index is -0.975. The monoisotopic (exact) mass is 387 g/mol. The summed E-state index contributed by atoms with van der Waals surface area (Å²) in [7, 11) is 1.10. The molecular formula is C18H17N3O5S. The lowest BCUT2D eigenvalue weighted by Gasteiger charge is -2.20. The second-order valence-corrected chi connectivity index (χ2v) is 5.74. The van der Waals surface area contributed by atoms with Crippen molar-refractivity contribution < 1.29 is 23.9 Å². The second kappa shape index (κ2) is 8.86. The molecule has 27 heavy (non-hydrogen) atoms. The molecule has 140 valence electrons. The van der Waals surface area contributed by atoms with Gasteiger partial charge in [0.1, 0.15) is 0 Å². The van der Waals surface area contributed by atoms with Crippen molar-refractivity contribution in [2.75, 3.05) is 16.7 Å². The lowest BCUT2D eigenvalue weighted by Crippen LogP contribution is -2.38. The zero-order valence-corrected chi connectivity index (χ0v) is 15.4. The first kappa shape index (κ1) is 20.0. The molecule has 0 aliphatic carbocycles. The van der Waals surface area contributed by atoms with Crippen molar-refractivity contribution in [3.8, 4) is 0 Å². The van der Waals surface area contributed by atoms with Crippen molar-refractivity contribution in [1.82, 2.24) is 5.32 Å². The normalized spacial score (nSPS) is 9.89. The number of anilines is 2. The van der Waals surface area contributed by atoms with Crippen LogP contribution in [0.5, 0.6) is 0 Å². The molecule has 0 spiro atoms. The van der Waals surface area contributed by atoms with E-state index in [-0.39, 0.29) is 28.6 Å². The average molecular weight is 387 g/mol. The van der Waals surface area contributed by atoms with Crippen molar-refractivity contribution >= 4 is 48.0 Å². The van der Waals surface area contributed by atoms with Crippen molar-refractivity contribution in [2.24, 2.45) is 0 Å². The van der Waals surface area contributed by atoms with Gasteiger partial charge in [-0.25, -0.2) is 19.2 Å². The maximum atomic E-state index is 12.6. The molecule has 2 rings (SSSR count).